The molecule has 0 bridgehead atoms. The van der Waals surface area contributed by atoms with E-state index in [0.29, 0.717) is 6.04 Å². The topological polar surface area (TPSA) is 3.24 Å². The van der Waals surface area contributed by atoms with E-state index in [1.54, 1.807) is 0 Å². The molecule has 0 saturated carbocycles. The van der Waals surface area contributed by atoms with Crippen molar-refractivity contribution < 1.29 is 0 Å². The van der Waals surface area contributed by atoms with Crippen LogP contribution in [0.2, 0.25) is 0 Å². The highest BCUT2D eigenvalue weighted by atomic mass is 32.1. The van der Waals surface area contributed by atoms with Crippen LogP contribution >= 0.6 is 12.8 Å². The van der Waals surface area contributed by atoms with Gasteiger partial charge in [-0.3, -0.25) is 0 Å². The van der Waals surface area contributed by atoms with Gasteiger partial charge >= 0.3 is 0 Å². The monoisotopic (exact) mass is 181 g/mol. The molecule has 66 valence electrons. The van der Waals surface area contributed by atoms with Crippen molar-refractivity contribution in [2.75, 3.05) is 4.31 Å². The van der Waals surface area contributed by atoms with Gasteiger partial charge in [0.1, 0.15) is 0 Å². The standard InChI is InChI=1S/C10H15NS/c1-3-9(2)11(12)10-7-5-4-6-8-10/h4-9,12H,3H2,1-2H3. The van der Waals surface area contributed by atoms with Crippen LogP contribution in [0.15, 0.2) is 30.3 Å². The largest absolute Gasteiger partial charge is 0.316 e. The van der Waals surface area contributed by atoms with Crippen LogP contribution in [-0.2, 0) is 0 Å². The molecule has 2 heteroatoms. The van der Waals surface area contributed by atoms with Crippen molar-refractivity contribution in [2.45, 2.75) is 26.3 Å². The first-order valence-electron chi connectivity index (χ1n) is 4.29. The van der Waals surface area contributed by atoms with E-state index >= 15 is 0 Å². The summed E-state index contributed by atoms with van der Waals surface area (Å²) in [7, 11) is 0. The number of para-hydroxylation sites is 1. The summed E-state index contributed by atoms with van der Waals surface area (Å²) >= 11 is 4.43. The Labute approximate surface area is 79.9 Å². The Morgan fingerprint density at radius 3 is 2.42 bits per heavy atom. The molecule has 0 heterocycles. The fourth-order valence-corrected chi connectivity index (χ4v) is 1.30. The first-order chi connectivity index (χ1) is 5.75. The predicted octanol–water partition coefficient (Wildman–Crippen LogP) is 3.14. The van der Waals surface area contributed by atoms with Crippen molar-refractivity contribution in [3.63, 3.8) is 0 Å². The quantitative estimate of drug-likeness (QED) is 0.701. The van der Waals surface area contributed by atoms with Gasteiger partial charge in [0.2, 0.25) is 0 Å². The number of rotatable bonds is 3. The zero-order chi connectivity index (χ0) is 8.97. The summed E-state index contributed by atoms with van der Waals surface area (Å²) in [5.74, 6) is 0. The maximum atomic E-state index is 4.43. The van der Waals surface area contributed by atoms with Crippen molar-refractivity contribution in [2.24, 2.45) is 0 Å². The molecule has 0 aliphatic rings. The normalized spacial score (nSPS) is 12.6. The maximum Gasteiger partial charge on any atom is 0.0470 e. The van der Waals surface area contributed by atoms with Gasteiger partial charge in [-0.05, 0) is 25.5 Å². The van der Waals surface area contributed by atoms with Crippen LogP contribution in [-0.4, -0.2) is 6.04 Å². The van der Waals surface area contributed by atoms with Gasteiger partial charge in [-0.2, -0.15) is 0 Å². The summed E-state index contributed by atoms with van der Waals surface area (Å²) in [5, 5.41) is 0. The molecule has 0 saturated heterocycles. The SMILES string of the molecule is CCC(C)N(S)c1ccccc1. The van der Waals surface area contributed by atoms with Gasteiger partial charge in [-0.25, -0.2) is 0 Å². The lowest BCUT2D eigenvalue weighted by atomic mass is 10.2. The Hall–Kier alpha value is -0.630. The van der Waals surface area contributed by atoms with Crippen molar-refractivity contribution >= 4 is 18.5 Å². The number of hydrogen-bond acceptors (Lipinski definition) is 2. The van der Waals surface area contributed by atoms with Crippen LogP contribution in [0.25, 0.3) is 0 Å². The molecule has 1 nitrogen and oxygen atoms in total. The Kier molecular flexibility index (Phi) is 3.48. The van der Waals surface area contributed by atoms with Gasteiger partial charge < -0.3 is 4.31 Å². The first kappa shape index (κ1) is 9.46. The lowest BCUT2D eigenvalue weighted by molar-refractivity contribution is 0.723. The molecule has 0 fully saturated rings. The Balaban J connectivity index is 2.71. The molecule has 1 rings (SSSR count). The number of benzene rings is 1. The van der Waals surface area contributed by atoms with Gasteiger partial charge in [0.05, 0.1) is 0 Å². The van der Waals surface area contributed by atoms with Gasteiger partial charge in [0.15, 0.2) is 0 Å². The van der Waals surface area contributed by atoms with E-state index < -0.39 is 0 Å². The molecular weight excluding hydrogens is 166 g/mol. The van der Waals surface area contributed by atoms with E-state index in [4.69, 9.17) is 0 Å². The number of nitrogens with zero attached hydrogens (tertiary/aromatic N) is 1. The molecule has 0 N–H and O–H groups in total. The predicted molar refractivity (Wildman–Crippen MR) is 57.7 cm³/mol. The third kappa shape index (κ3) is 2.18. The maximum absolute atomic E-state index is 4.43. The van der Waals surface area contributed by atoms with Crippen molar-refractivity contribution in [3.8, 4) is 0 Å². The zero-order valence-corrected chi connectivity index (χ0v) is 8.46. The molecule has 0 aliphatic carbocycles. The Morgan fingerprint density at radius 1 is 1.33 bits per heavy atom. The van der Waals surface area contributed by atoms with Crippen LogP contribution in [0, 0.1) is 0 Å². The number of hydrogen-bond donors (Lipinski definition) is 1. The second kappa shape index (κ2) is 4.41. The summed E-state index contributed by atoms with van der Waals surface area (Å²) in [4.78, 5) is 0. The molecule has 0 amide bonds. The van der Waals surface area contributed by atoms with E-state index in [9.17, 15) is 0 Å². The average molecular weight is 181 g/mol. The summed E-state index contributed by atoms with van der Waals surface area (Å²) < 4.78 is 2.00. The highest BCUT2D eigenvalue weighted by Gasteiger charge is 2.07. The van der Waals surface area contributed by atoms with E-state index in [2.05, 4.69) is 38.8 Å². The molecular formula is C10H15NS. The van der Waals surface area contributed by atoms with Gasteiger partial charge in [-0.15, -0.1) is 0 Å². The Bertz CT molecular complexity index is 223. The van der Waals surface area contributed by atoms with Crippen LogP contribution in [0.1, 0.15) is 20.3 Å². The minimum absolute atomic E-state index is 0.482. The van der Waals surface area contributed by atoms with E-state index in [0.717, 1.165) is 12.1 Å². The molecule has 12 heavy (non-hydrogen) atoms. The van der Waals surface area contributed by atoms with E-state index in [1.807, 2.05) is 22.5 Å². The molecule has 1 atom stereocenters. The smallest absolute Gasteiger partial charge is 0.0470 e. The molecule has 0 aliphatic heterocycles. The number of thiol groups is 1. The average Bonchev–Trinajstić information content (AvgIpc) is 2.17. The van der Waals surface area contributed by atoms with E-state index in [1.165, 1.54) is 0 Å². The second-order valence-corrected chi connectivity index (χ2v) is 3.37. The van der Waals surface area contributed by atoms with Gasteiger partial charge in [-0.1, -0.05) is 37.9 Å². The lowest BCUT2D eigenvalue weighted by Crippen LogP contribution is -2.22. The minimum Gasteiger partial charge on any atom is -0.316 e. The highest BCUT2D eigenvalue weighted by Crippen LogP contribution is 2.19. The Morgan fingerprint density at radius 2 is 1.92 bits per heavy atom. The van der Waals surface area contributed by atoms with Gasteiger partial charge in [0.25, 0.3) is 0 Å². The fraction of sp³-hybridized carbons (Fsp3) is 0.400. The molecule has 0 radical (unpaired) electrons. The van der Waals surface area contributed by atoms with Crippen LogP contribution in [0.3, 0.4) is 0 Å². The molecule has 1 unspecified atom stereocenters. The second-order valence-electron chi connectivity index (χ2n) is 2.94. The third-order valence-corrected chi connectivity index (χ3v) is 2.65. The summed E-state index contributed by atoms with van der Waals surface area (Å²) in [6.07, 6.45) is 1.11. The summed E-state index contributed by atoms with van der Waals surface area (Å²) in [6, 6.07) is 10.7. The van der Waals surface area contributed by atoms with Crippen molar-refractivity contribution in [3.05, 3.63) is 30.3 Å². The zero-order valence-electron chi connectivity index (χ0n) is 7.57. The molecule has 0 aromatic heterocycles. The van der Waals surface area contributed by atoms with Crippen molar-refractivity contribution in [1.82, 2.24) is 0 Å². The van der Waals surface area contributed by atoms with Crippen molar-refractivity contribution in [1.29, 1.82) is 0 Å². The fourth-order valence-electron chi connectivity index (χ4n) is 1.01. The minimum atomic E-state index is 0.482. The molecule has 1 aromatic rings. The van der Waals surface area contributed by atoms with Gasteiger partial charge in [0, 0.05) is 11.7 Å². The highest BCUT2D eigenvalue weighted by molar-refractivity contribution is 7.81. The summed E-state index contributed by atoms with van der Waals surface area (Å²) in [5.41, 5.74) is 1.16. The van der Waals surface area contributed by atoms with Crippen LogP contribution in [0.4, 0.5) is 5.69 Å². The number of anilines is 1. The molecule has 0 spiro atoms. The van der Waals surface area contributed by atoms with Crippen LogP contribution < -0.4 is 4.31 Å². The third-order valence-electron chi connectivity index (χ3n) is 2.03. The lowest BCUT2D eigenvalue weighted by Gasteiger charge is -2.23. The first-order valence-corrected chi connectivity index (χ1v) is 4.69. The van der Waals surface area contributed by atoms with Crippen LogP contribution in [0.5, 0.6) is 0 Å². The van der Waals surface area contributed by atoms with E-state index in [-0.39, 0.29) is 0 Å². The molecule has 1 aromatic carbocycles. The summed E-state index contributed by atoms with van der Waals surface area (Å²) in [6.45, 7) is 4.33.